The van der Waals surface area contributed by atoms with E-state index in [2.05, 4.69) is 12.2 Å². The van der Waals surface area contributed by atoms with Crippen molar-refractivity contribution in [3.63, 3.8) is 0 Å². The molecule has 0 aliphatic heterocycles. The van der Waals surface area contributed by atoms with Gasteiger partial charge in [0, 0.05) is 16.8 Å². The van der Waals surface area contributed by atoms with Gasteiger partial charge < -0.3 is 14.8 Å². The van der Waals surface area contributed by atoms with E-state index in [0.29, 0.717) is 23.1 Å². The number of para-hydroxylation sites is 1. The molecule has 1 amide bonds. The second-order valence-corrected chi connectivity index (χ2v) is 7.55. The fourth-order valence-electron chi connectivity index (χ4n) is 3.19. The van der Waals surface area contributed by atoms with Crippen molar-refractivity contribution in [3.05, 3.63) is 94.0 Å². The molecule has 0 radical (unpaired) electrons. The van der Waals surface area contributed by atoms with Gasteiger partial charge in [-0.2, -0.15) is 0 Å². The largest absolute Gasteiger partial charge is 0.493 e. The molecule has 3 rings (SSSR count). The molecule has 160 valence electrons. The Kier molecular flexibility index (Phi) is 7.74. The van der Waals surface area contributed by atoms with Gasteiger partial charge in [0.2, 0.25) is 5.91 Å². The zero-order valence-corrected chi connectivity index (χ0v) is 18.7. The molecule has 0 aromatic heterocycles. The molecule has 0 heterocycles. The molecule has 0 spiro atoms. The zero-order chi connectivity index (χ0) is 22.2. The Hall–Kier alpha value is -3.24. The van der Waals surface area contributed by atoms with Gasteiger partial charge in [-0.1, -0.05) is 54.9 Å². The first-order chi connectivity index (χ1) is 15.0. The van der Waals surface area contributed by atoms with Gasteiger partial charge in [0.1, 0.15) is 6.61 Å². The lowest BCUT2D eigenvalue weighted by molar-refractivity contribution is -0.111. The zero-order valence-electron chi connectivity index (χ0n) is 17.9. The van der Waals surface area contributed by atoms with Crippen LogP contribution in [0.5, 0.6) is 11.5 Å². The lowest BCUT2D eigenvalue weighted by atomic mass is 10.1. The molecular weight excluding hydrogens is 410 g/mol. The van der Waals surface area contributed by atoms with Crippen LogP contribution in [0.3, 0.4) is 0 Å². The van der Waals surface area contributed by atoms with Gasteiger partial charge in [-0.25, -0.2) is 0 Å². The van der Waals surface area contributed by atoms with Crippen LogP contribution in [0.2, 0.25) is 5.02 Å². The predicted octanol–water partition coefficient (Wildman–Crippen LogP) is 6.45. The minimum Gasteiger partial charge on any atom is -0.493 e. The number of aryl methyl sites for hydroxylation is 2. The van der Waals surface area contributed by atoms with Crippen molar-refractivity contribution in [1.82, 2.24) is 0 Å². The molecule has 1 N–H and O–H groups in total. The molecule has 0 bridgehead atoms. The molecule has 5 heteroatoms. The highest BCUT2D eigenvalue weighted by molar-refractivity contribution is 6.30. The van der Waals surface area contributed by atoms with Crippen molar-refractivity contribution < 1.29 is 14.3 Å². The fraction of sp³-hybridized carbons (Fsp3) is 0.192. The second-order valence-electron chi connectivity index (χ2n) is 7.11. The summed E-state index contributed by atoms with van der Waals surface area (Å²) in [7, 11) is 1.59. The van der Waals surface area contributed by atoms with Gasteiger partial charge in [0.25, 0.3) is 0 Å². The Bertz CT molecular complexity index is 1070. The average Bonchev–Trinajstić information content (AvgIpc) is 2.78. The van der Waals surface area contributed by atoms with Gasteiger partial charge >= 0.3 is 0 Å². The smallest absolute Gasteiger partial charge is 0.248 e. The van der Waals surface area contributed by atoms with E-state index in [-0.39, 0.29) is 5.91 Å². The van der Waals surface area contributed by atoms with E-state index in [4.69, 9.17) is 21.1 Å². The van der Waals surface area contributed by atoms with Crippen molar-refractivity contribution in [2.75, 3.05) is 12.4 Å². The number of methoxy groups -OCH3 is 1. The number of benzene rings is 3. The van der Waals surface area contributed by atoms with E-state index < -0.39 is 0 Å². The van der Waals surface area contributed by atoms with Gasteiger partial charge in [-0.05, 0) is 65.9 Å². The van der Waals surface area contributed by atoms with Gasteiger partial charge in [0.15, 0.2) is 11.5 Å². The van der Waals surface area contributed by atoms with E-state index in [1.165, 1.54) is 6.08 Å². The highest BCUT2D eigenvalue weighted by Crippen LogP contribution is 2.29. The van der Waals surface area contributed by atoms with Crippen LogP contribution < -0.4 is 14.8 Å². The summed E-state index contributed by atoms with van der Waals surface area (Å²) in [5.41, 5.74) is 4.89. The summed E-state index contributed by atoms with van der Waals surface area (Å²) >= 11 is 5.92. The molecule has 0 aliphatic rings. The molecule has 0 atom stereocenters. The molecule has 0 saturated heterocycles. The van der Waals surface area contributed by atoms with Crippen LogP contribution in [0, 0.1) is 6.92 Å². The third kappa shape index (κ3) is 6.12. The maximum absolute atomic E-state index is 12.4. The SMILES string of the molecule is CCc1cccc(C)c1NC(=O)C=Cc1ccc(OCc2ccc(Cl)cc2)c(OC)c1. The highest BCUT2D eigenvalue weighted by atomic mass is 35.5. The molecule has 3 aromatic rings. The Morgan fingerprint density at radius 1 is 1.06 bits per heavy atom. The van der Waals surface area contributed by atoms with Crippen LogP contribution in [0.4, 0.5) is 5.69 Å². The quantitative estimate of drug-likeness (QED) is 0.413. The topological polar surface area (TPSA) is 47.6 Å². The Labute approximate surface area is 188 Å². The second kappa shape index (κ2) is 10.7. The summed E-state index contributed by atoms with van der Waals surface area (Å²) in [6.45, 7) is 4.47. The average molecular weight is 436 g/mol. The Balaban J connectivity index is 1.67. The number of rotatable bonds is 8. The summed E-state index contributed by atoms with van der Waals surface area (Å²) < 4.78 is 11.3. The molecular formula is C26H26ClNO3. The number of ether oxygens (including phenoxy) is 2. The molecule has 4 nitrogen and oxygen atoms in total. The van der Waals surface area contributed by atoms with Crippen molar-refractivity contribution in [2.24, 2.45) is 0 Å². The molecule has 3 aromatic carbocycles. The number of carbonyl (C=O) groups is 1. The van der Waals surface area contributed by atoms with Gasteiger partial charge in [-0.3, -0.25) is 4.79 Å². The number of hydrogen-bond acceptors (Lipinski definition) is 3. The fourth-order valence-corrected chi connectivity index (χ4v) is 3.31. The summed E-state index contributed by atoms with van der Waals surface area (Å²) in [5, 5.41) is 3.68. The Morgan fingerprint density at radius 3 is 2.55 bits per heavy atom. The van der Waals surface area contributed by atoms with Crippen LogP contribution >= 0.6 is 11.6 Å². The highest BCUT2D eigenvalue weighted by Gasteiger charge is 2.08. The van der Waals surface area contributed by atoms with Gasteiger partial charge in [0.05, 0.1) is 7.11 Å². The minimum absolute atomic E-state index is 0.175. The number of nitrogens with one attached hydrogen (secondary N) is 1. The lowest BCUT2D eigenvalue weighted by Crippen LogP contribution is -2.11. The summed E-state index contributed by atoms with van der Waals surface area (Å²) in [6, 6.07) is 19.1. The summed E-state index contributed by atoms with van der Waals surface area (Å²) in [6.07, 6.45) is 4.13. The number of anilines is 1. The van der Waals surface area contributed by atoms with Crippen molar-refractivity contribution in [2.45, 2.75) is 26.9 Å². The standard InChI is InChI=1S/C26H26ClNO3/c1-4-21-7-5-6-18(2)26(21)28-25(29)15-11-19-10-14-23(24(16-19)30-3)31-17-20-8-12-22(27)13-9-20/h5-16H,4,17H2,1-3H3,(H,28,29). The number of amides is 1. The van der Waals surface area contributed by atoms with Crippen LogP contribution in [-0.2, 0) is 17.8 Å². The van der Waals surface area contributed by atoms with E-state index in [9.17, 15) is 4.79 Å². The van der Waals surface area contributed by atoms with Crippen LogP contribution in [-0.4, -0.2) is 13.0 Å². The minimum atomic E-state index is -0.175. The van der Waals surface area contributed by atoms with E-state index in [1.54, 1.807) is 13.2 Å². The number of halogens is 1. The van der Waals surface area contributed by atoms with Crippen molar-refractivity contribution in [3.8, 4) is 11.5 Å². The first kappa shape index (κ1) is 22.4. The van der Waals surface area contributed by atoms with Crippen LogP contribution in [0.15, 0.2) is 66.7 Å². The van der Waals surface area contributed by atoms with E-state index in [1.807, 2.05) is 67.6 Å². The third-order valence-electron chi connectivity index (χ3n) is 4.91. The molecule has 0 fully saturated rings. The first-order valence-electron chi connectivity index (χ1n) is 10.1. The van der Waals surface area contributed by atoms with Crippen LogP contribution in [0.25, 0.3) is 6.08 Å². The Morgan fingerprint density at radius 2 is 1.84 bits per heavy atom. The summed E-state index contributed by atoms with van der Waals surface area (Å²) in [5.74, 6) is 1.06. The monoisotopic (exact) mass is 435 g/mol. The van der Waals surface area contributed by atoms with Crippen LogP contribution in [0.1, 0.15) is 29.2 Å². The number of carbonyl (C=O) groups excluding carboxylic acids is 1. The van der Waals surface area contributed by atoms with E-state index in [0.717, 1.165) is 34.4 Å². The lowest BCUT2D eigenvalue weighted by Gasteiger charge is -2.12. The third-order valence-corrected chi connectivity index (χ3v) is 5.16. The van der Waals surface area contributed by atoms with Crippen molar-refractivity contribution >= 4 is 29.3 Å². The maximum Gasteiger partial charge on any atom is 0.248 e. The normalized spacial score (nSPS) is 10.8. The predicted molar refractivity (Wildman–Crippen MR) is 127 cm³/mol. The van der Waals surface area contributed by atoms with Crippen molar-refractivity contribution in [1.29, 1.82) is 0 Å². The molecule has 0 unspecified atom stereocenters. The summed E-state index contributed by atoms with van der Waals surface area (Å²) in [4.78, 5) is 12.4. The molecule has 0 saturated carbocycles. The van der Waals surface area contributed by atoms with E-state index >= 15 is 0 Å². The van der Waals surface area contributed by atoms with Gasteiger partial charge in [-0.15, -0.1) is 0 Å². The number of hydrogen-bond donors (Lipinski definition) is 1. The molecule has 31 heavy (non-hydrogen) atoms. The maximum atomic E-state index is 12.4. The molecule has 0 aliphatic carbocycles. The first-order valence-corrected chi connectivity index (χ1v) is 10.5.